The SMILES string of the molecule is CCCN(CCC)C(=O)CNc1ccc(Br)cc1C. The van der Waals surface area contributed by atoms with Crippen molar-refractivity contribution < 1.29 is 4.79 Å². The lowest BCUT2D eigenvalue weighted by Crippen LogP contribution is -2.36. The lowest BCUT2D eigenvalue weighted by Gasteiger charge is -2.22. The number of aryl methyl sites for hydroxylation is 1. The number of halogens is 1. The number of nitrogens with zero attached hydrogens (tertiary/aromatic N) is 1. The van der Waals surface area contributed by atoms with Gasteiger partial charge in [-0.1, -0.05) is 29.8 Å². The number of hydrogen-bond donors (Lipinski definition) is 1. The largest absolute Gasteiger partial charge is 0.376 e. The average Bonchev–Trinajstić information content (AvgIpc) is 2.37. The van der Waals surface area contributed by atoms with Crippen LogP contribution < -0.4 is 5.32 Å². The molecule has 0 spiro atoms. The Morgan fingerprint density at radius 1 is 1.26 bits per heavy atom. The minimum atomic E-state index is 0.172. The summed E-state index contributed by atoms with van der Waals surface area (Å²) >= 11 is 3.44. The Balaban J connectivity index is 2.56. The third-order valence-electron chi connectivity index (χ3n) is 2.96. The molecule has 0 aromatic heterocycles. The van der Waals surface area contributed by atoms with Crippen LogP contribution in [0.2, 0.25) is 0 Å². The zero-order valence-corrected chi connectivity index (χ0v) is 13.6. The van der Waals surface area contributed by atoms with Crippen LogP contribution in [0.25, 0.3) is 0 Å². The van der Waals surface area contributed by atoms with E-state index in [1.54, 1.807) is 0 Å². The molecule has 1 aromatic rings. The smallest absolute Gasteiger partial charge is 0.241 e. The Morgan fingerprint density at radius 2 is 1.89 bits per heavy atom. The summed E-state index contributed by atoms with van der Waals surface area (Å²) in [7, 11) is 0. The zero-order chi connectivity index (χ0) is 14.3. The molecule has 106 valence electrons. The van der Waals surface area contributed by atoms with Crippen LogP contribution >= 0.6 is 15.9 Å². The van der Waals surface area contributed by atoms with Gasteiger partial charge in [0.15, 0.2) is 0 Å². The van der Waals surface area contributed by atoms with Crippen LogP contribution in [0.3, 0.4) is 0 Å². The quantitative estimate of drug-likeness (QED) is 0.826. The molecule has 19 heavy (non-hydrogen) atoms. The second-order valence-corrected chi connectivity index (χ2v) is 5.61. The summed E-state index contributed by atoms with van der Waals surface area (Å²) in [5, 5.41) is 3.23. The van der Waals surface area contributed by atoms with E-state index in [1.165, 1.54) is 0 Å². The van der Waals surface area contributed by atoms with Crippen LogP contribution in [0.15, 0.2) is 22.7 Å². The van der Waals surface area contributed by atoms with Gasteiger partial charge in [0.05, 0.1) is 6.54 Å². The predicted molar refractivity (Wildman–Crippen MR) is 84.5 cm³/mol. The van der Waals surface area contributed by atoms with Crippen LogP contribution in [0.4, 0.5) is 5.69 Å². The van der Waals surface area contributed by atoms with E-state index in [0.29, 0.717) is 6.54 Å². The first-order chi connectivity index (χ1) is 9.08. The molecular weight excluding hydrogens is 304 g/mol. The van der Waals surface area contributed by atoms with E-state index < -0.39 is 0 Å². The molecule has 0 fully saturated rings. The van der Waals surface area contributed by atoms with Gasteiger partial charge >= 0.3 is 0 Å². The molecule has 4 heteroatoms. The predicted octanol–water partition coefficient (Wildman–Crippen LogP) is 3.82. The molecule has 0 aliphatic heterocycles. The number of hydrogen-bond acceptors (Lipinski definition) is 2. The van der Waals surface area contributed by atoms with Gasteiger partial charge in [-0.15, -0.1) is 0 Å². The Bertz CT molecular complexity index is 415. The Labute approximate surface area is 124 Å². The highest BCUT2D eigenvalue weighted by Gasteiger charge is 2.11. The third kappa shape index (κ3) is 5.23. The molecule has 1 rings (SSSR count). The van der Waals surface area contributed by atoms with E-state index in [2.05, 4.69) is 35.1 Å². The van der Waals surface area contributed by atoms with Crippen molar-refractivity contribution in [1.82, 2.24) is 4.90 Å². The van der Waals surface area contributed by atoms with Crippen molar-refractivity contribution in [1.29, 1.82) is 0 Å². The lowest BCUT2D eigenvalue weighted by atomic mass is 10.2. The number of amides is 1. The van der Waals surface area contributed by atoms with Crippen LogP contribution in [0.1, 0.15) is 32.3 Å². The number of anilines is 1. The van der Waals surface area contributed by atoms with Crippen molar-refractivity contribution in [3.05, 3.63) is 28.2 Å². The van der Waals surface area contributed by atoms with Crippen molar-refractivity contribution in [3.63, 3.8) is 0 Å². The van der Waals surface area contributed by atoms with Gasteiger partial charge in [-0.05, 0) is 43.5 Å². The fourth-order valence-electron chi connectivity index (χ4n) is 2.01. The van der Waals surface area contributed by atoms with Crippen molar-refractivity contribution >= 4 is 27.5 Å². The first kappa shape index (κ1) is 16.0. The van der Waals surface area contributed by atoms with E-state index in [9.17, 15) is 4.79 Å². The van der Waals surface area contributed by atoms with Crippen LogP contribution in [-0.2, 0) is 4.79 Å². The summed E-state index contributed by atoms with van der Waals surface area (Å²) in [6.07, 6.45) is 2.01. The summed E-state index contributed by atoms with van der Waals surface area (Å²) < 4.78 is 1.06. The first-order valence-corrected chi connectivity index (χ1v) is 7.65. The molecule has 0 atom stereocenters. The molecule has 3 nitrogen and oxygen atoms in total. The van der Waals surface area contributed by atoms with E-state index in [0.717, 1.165) is 41.7 Å². The van der Waals surface area contributed by atoms with Crippen molar-refractivity contribution in [2.75, 3.05) is 25.0 Å². The van der Waals surface area contributed by atoms with Gasteiger partial charge in [0.1, 0.15) is 0 Å². The molecule has 0 unspecified atom stereocenters. The minimum Gasteiger partial charge on any atom is -0.376 e. The van der Waals surface area contributed by atoms with Crippen molar-refractivity contribution in [2.45, 2.75) is 33.6 Å². The highest BCUT2D eigenvalue weighted by Crippen LogP contribution is 2.19. The number of rotatable bonds is 7. The Kier molecular flexibility index (Phi) is 6.92. The molecule has 0 saturated heterocycles. The first-order valence-electron chi connectivity index (χ1n) is 6.86. The molecule has 0 aliphatic carbocycles. The molecule has 1 N–H and O–H groups in total. The van der Waals surface area contributed by atoms with E-state index in [1.807, 2.05) is 30.0 Å². The fraction of sp³-hybridized carbons (Fsp3) is 0.533. The lowest BCUT2D eigenvalue weighted by molar-refractivity contribution is -0.129. The molecule has 1 amide bonds. The molecule has 0 radical (unpaired) electrons. The van der Waals surface area contributed by atoms with Gasteiger partial charge in [-0.25, -0.2) is 0 Å². The summed E-state index contributed by atoms with van der Waals surface area (Å²) in [5.74, 6) is 0.172. The topological polar surface area (TPSA) is 32.3 Å². The monoisotopic (exact) mass is 326 g/mol. The molecular formula is C15H23BrN2O. The maximum Gasteiger partial charge on any atom is 0.241 e. The van der Waals surface area contributed by atoms with Crippen molar-refractivity contribution in [2.24, 2.45) is 0 Å². The maximum atomic E-state index is 12.1. The molecule has 0 aliphatic rings. The van der Waals surface area contributed by atoms with E-state index >= 15 is 0 Å². The molecule has 0 saturated carbocycles. The van der Waals surface area contributed by atoms with Crippen LogP contribution in [0, 0.1) is 6.92 Å². The number of carbonyl (C=O) groups excluding carboxylic acids is 1. The average molecular weight is 327 g/mol. The normalized spacial score (nSPS) is 10.3. The van der Waals surface area contributed by atoms with Gasteiger partial charge in [0.25, 0.3) is 0 Å². The third-order valence-corrected chi connectivity index (χ3v) is 3.45. The molecule has 1 aromatic carbocycles. The standard InChI is InChI=1S/C15H23BrN2O/c1-4-8-18(9-5-2)15(19)11-17-14-7-6-13(16)10-12(14)3/h6-7,10,17H,4-5,8-9,11H2,1-3H3. The summed E-state index contributed by atoms with van der Waals surface area (Å²) in [5.41, 5.74) is 2.16. The maximum absolute atomic E-state index is 12.1. The molecule has 0 heterocycles. The van der Waals surface area contributed by atoms with Crippen molar-refractivity contribution in [3.8, 4) is 0 Å². The van der Waals surface area contributed by atoms with Crippen LogP contribution in [0.5, 0.6) is 0 Å². The number of nitrogens with one attached hydrogen (secondary N) is 1. The summed E-state index contributed by atoms with van der Waals surface area (Å²) in [6, 6.07) is 6.02. The van der Waals surface area contributed by atoms with E-state index in [4.69, 9.17) is 0 Å². The molecule has 0 bridgehead atoms. The minimum absolute atomic E-state index is 0.172. The Hall–Kier alpha value is -1.03. The van der Waals surface area contributed by atoms with Gasteiger partial charge < -0.3 is 10.2 Å². The second kappa shape index (κ2) is 8.20. The van der Waals surface area contributed by atoms with Gasteiger partial charge in [-0.2, -0.15) is 0 Å². The second-order valence-electron chi connectivity index (χ2n) is 4.69. The number of benzene rings is 1. The van der Waals surface area contributed by atoms with E-state index in [-0.39, 0.29) is 5.91 Å². The van der Waals surface area contributed by atoms with Crippen LogP contribution in [-0.4, -0.2) is 30.4 Å². The Morgan fingerprint density at radius 3 is 2.42 bits per heavy atom. The number of carbonyl (C=O) groups is 1. The highest BCUT2D eigenvalue weighted by molar-refractivity contribution is 9.10. The summed E-state index contributed by atoms with van der Waals surface area (Å²) in [4.78, 5) is 14.1. The fourth-order valence-corrected chi connectivity index (χ4v) is 2.48. The summed E-state index contributed by atoms with van der Waals surface area (Å²) in [6.45, 7) is 8.28. The van der Waals surface area contributed by atoms with Gasteiger partial charge in [0, 0.05) is 23.2 Å². The zero-order valence-electron chi connectivity index (χ0n) is 12.0. The van der Waals surface area contributed by atoms with Gasteiger partial charge in [0.2, 0.25) is 5.91 Å². The highest BCUT2D eigenvalue weighted by atomic mass is 79.9. The van der Waals surface area contributed by atoms with Gasteiger partial charge in [-0.3, -0.25) is 4.79 Å².